The predicted molar refractivity (Wildman–Crippen MR) is 73.3 cm³/mol. The van der Waals surface area contributed by atoms with Crippen molar-refractivity contribution in [3.63, 3.8) is 0 Å². The highest BCUT2D eigenvalue weighted by atomic mass is 31.2. The van der Waals surface area contributed by atoms with Crippen LogP contribution in [0.25, 0.3) is 10.8 Å². The first-order valence-electron chi connectivity index (χ1n) is 5.86. The molecule has 0 aromatic heterocycles. The average Bonchev–Trinajstić information content (AvgIpc) is 2.44. The van der Waals surface area contributed by atoms with Crippen LogP contribution in [0.1, 0.15) is 15.9 Å². The Bertz CT molecular complexity index is 757. The third kappa shape index (κ3) is 2.81. The van der Waals surface area contributed by atoms with Crippen molar-refractivity contribution >= 4 is 24.3 Å². The largest absolute Gasteiger partial charge is 0.399 e. The molecule has 2 aromatic rings. The van der Waals surface area contributed by atoms with Gasteiger partial charge in [0, 0.05) is 18.2 Å². The summed E-state index contributed by atoms with van der Waals surface area (Å²) in [5, 5.41) is 3.27. The highest BCUT2D eigenvalue weighted by Gasteiger charge is 2.50. The summed E-state index contributed by atoms with van der Waals surface area (Å²) in [6, 6.07) is 7.73. The van der Waals surface area contributed by atoms with Gasteiger partial charge in [0.1, 0.15) is 0 Å². The Morgan fingerprint density at radius 3 is 2.33 bits per heavy atom. The molecular formula is C13H12F2NO4P. The summed E-state index contributed by atoms with van der Waals surface area (Å²) in [5.41, 5.74) is -4.80. The smallest absolute Gasteiger partial charge is 0.355 e. The Morgan fingerprint density at radius 2 is 1.76 bits per heavy atom. The molecule has 0 spiro atoms. The third-order valence-electron chi connectivity index (χ3n) is 3.04. The van der Waals surface area contributed by atoms with Gasteiger partial charge in [-0.15, -0.1) is 0 Å². The van der Waals surface area contributed by atoms with E-state index >= 15 is 0 Å². The molecule has 2 aromatic carbocycles. The molecule has 3 N–H and O–H groups in total. The molecule has 21 heavy (non-hydrogen) atoms. The zero-order valence-corrected chi connectivity index (χ0v) is 11.8. The molecule has 0 heterocycles. The first kappa shape index (κ1) is 15.6. The van der Waals surface area contributed by atoms with E-state index in [1.54, 1.807) is 6.07 Å². The monoisotopic (exact) mass is 315 g/mol. The van der Waals surface area contributed by atoms with E-state index in [1.807, 2.05) is 0 Å². The van der Waals surface area contributed by atoms with Crippen LogP contribution in [0.5, 0.6) is 0 Å². The Balaban J connectivity index is 2.60. The molecule has 0 fully saturated rings. The molecule has 0 aliphatic heterocycles. The first-order chi connectivity index (χ1) is 9.66. The number of fused-ring (bicyclic) bond motifs is 1. The van der Waals surface area contributed by atoms with Crippen molar-refractivity contribution in [3.8, 4) is 0 Å². The van der Waals surface area contributed by atoms with Crippen molar-refractivity contribution in [2.45, 2.75) is 5.66 Å². The molecule has 2 rings (SSSR count). The molecule has 0 aliphatic rings. The lowest BCUT2D eigenvalue weighted by Gasteiger charge is -2.18. The number of halogens is 2. The molecule has 0 aliphatic carbocycles. The number of hydrogen-bond donors (Lipinski definition) is 3. The highest BCUT2D eigenvalue weighted by Crippen LogP contribution is 2.59. The van der Waals surface area contributed by atoms with E-state index in [0.717, 1.165) is 12.1 Å². The van der Waals surface area contributed by atoms with Gasteiger partial charge in [-0.25, -0.2) is 0 Å². The van der Waals surface area contributed by atoms with E-state index in [0.29, 0.717) is 10.8 Å². The fraction of sp³-hybridized carbons (Fsp3) is 0.154. The van der Waals surface area contributed by atoms with Crippen LogP contribution in [0.2, 0.25) is 0 Å². The summed E-state index contributed by atoms with van der Waals surface area (Å²) < 4.78 is 38.2. The summed E-state index contributed by atoms with van der Waals surface area (Å²) in [6.07, 6.45) is 0. The number of rotatable bonds is 3. The summed E-state index contributed by atoms with van der Waals surface area (Å²) >= 11 is 0. The quantitative estimate of drug-likeness (QED) is 0.759. The molecule has 0 saturated heterocycles. The minimum absolute atomic E-state index is 0.265. The van der Waals surface area contributed by atoms with Crippen molar-refractivity contribution in [2.75, 3.05) is 7.05 Å². The maximum Gasteiger partial charge on any atom is 0.399 e. The molecule has 1 amide bonds. The van der Waals surface area contributed by atoms with Crippen LogP contribution in [-0.2, 0) is 10.2 Å². The molecule has 0 bridgehead atoms. The Labute approximate surface area is 118 Å². The third-order valence-corrected chi connectivity index (χ3v) is 4.03. The lowest BCUT2D eigenvalue weighted by Crippen LogP contribution is -2.17. The van der Waals surface area contributed by atoms with Gasteiger partial charge in [-0.2, -0.15) is 8.78 Å². The van der Waals surface area contributed by atoms with E-state index in [9.17, 15) is 18.1 Å². The van der Waals surface area contributed by atoms with Gasteiger partial charge in [0.2, 0.25) is 0 Å². The molecule has 0 atom stereocenters. The van der Waals surface area contributed by atoms with Gasteiger partial charge in [-0.1, -0.05) is 18.2 Å². The molecule has 0 saturated carbocycles. The summed E-state index contributed by atoms with van der Waals surface area (Å²) in [7, 11) is -4.18. The van der Waals surface area contributed by atoms with E-state index in [2.05, 4.69) is 5.32 Å². The SMILES string of the molecule is CNC(=O)c1ccc2ccc(C(F)(F)P(=O)(O)O)cc2c1. The van der Waals surface area contributed by atoms with E-state index in [1.165, 1.54) is 25.2 Å². The van der Waals surface area contributed by atoms with Gasteiger partial charge < -0.3 is 15.1 Å². The zero-order valence-electron chi connectivity index (χ0n) is 10.9. The van der Waals surface area contributed by atoms with Crippen LogP contribution >= 0.6 is 7.60 Å². The van der Waals surface area contributed by atoms with Crippen molar-refractivity contribution in [3.05, 3.63) is 47.5 Å². The average molecular weight is 315 g/mol. The van der Waals surface area contributed by atoms with Gasteiger partial charge in [0.05, 0.1) is 0 Å². The second-order valence-electron chi connectivity index (χ2n) is 4.44. The van der Waals surface area contributed by atoms with Gasteiger partial charge in [0.15, 0.2) is 0 Å². The minimum atomic E-state index is -5.62. The summed E-state index contributed by atoms with van der Waals surface area (Å²) in [5.74, 6) is -0.385. The number of alkyl halides is 2. The van der Waals surface area contributed by atoms with Gasteiger partial charge >= 0.3 is 13.3 Å². The molecule has 112 valence electrons. The Kier molecular flexibility index (Phi) is 3.84. The van der Waals surface area contributed by atoms with Gasteiger partial charge in [0.25, 0.3) is 5.91 Å². The first-order valence-corrected chi connectivity index (χ1v) is 7.48. The Hall–Kier alpha value is -1.82. The van der Waals surface area contributed by atoms with Gasteiger partial charge in [-0.3, -0.25) is 9.36 Å². The Morgan fingerprint density at radius 1 is 1.14 bits per heavy atom. The zero-order chi connectivity index (χ0) is 15.8. The van der Waals surface area contributed by atoms with Crippen LogP contribution in [0.3, 0.4) is 0 Å². The highest BCUT2D eigenvalue weighted by molar-refractivity contribution is 7.52. The molecular weight excluding hydrogens is 303 g/mol. The summed E-state index contributed by atoms with van der Waals surface area (Å²) in [4.78, 5) is 29.0. The normalized spacial score (nSPS) is 12.4. The number of amides is 1. The van der Waals surface area contributed by atoms with Crippen molar-refractivity contribution < 1.29 is 27.9 Å². The van der Waals surface area contributed by atoms with Crippen LogP contribution in [0.15, 0.2) is 36.4 Å². The fourth-order valence-electron chi connectivity index (χ4n) is 1.89. The number of benzene rings is 2. The van der Waals surface area contributed by atoms with Crippen molar-refractivity contribution in [1.82, 2.24) is 5.32 Å². The molecule has 0 unspecified atom stereocenters. The molecule has 5 nitrogen and oxygen atoms in total. The van der Waals surface area contributed by atoms with Crippen LogP contribution in [-0.4, -0.2) is 22.7 Å². The standard InChI is InChI=1S/C13H12F2NO4P/c1-16-12(17)9-3-2-8-4-5-11(7-10(8)6-9)13(14,15)21(18,19)20/h2-7H,1H3,(H,16,17)(H2,18,19,20). The van der Waals surface area contributed by atoms with E-state index in [-0.39, 0.29) is 11.5 Å². The number of hydrogen-bond acceptors (Lipinski definition) is 2. The minimum Gasteiger partial charge on any atom is -0.355 e. The van der Waals surface area contributed by atoms with Crippen LogP contribution in [0, 0.1) is 0 Å². The van der Waals surface area contributed by atoms with E-state index in [4.69, 9.17) is 9.79 Å². The lowest BCUT2D eigenvalue weighted by molar-refractivity contribution is 0.0566. The predicted octanol–water partition coefficient (Wildman–Crippen LogP) is 2.43. The summed E-state index contributed by atoms with van der Waals surface area (Å²) in [6.45, 7) is 0. The molecule has 0 radical (unpaired) electrons. The van der Waals surface area contributed by atoms with Crippen LogP contribution in [0.4, 0.5) is 8.78 Å². The fourth-order valence-corrected chi connectivity index (χ4v) is 2.36. The maximum absolute atomic E-state index is 13.7. The van der Waals surface area contributed by atoms with Gasteiger partial charge in [-0.05, 0) is 29.0 Å². The van der Waals surface area contributed by atoms with Crippen molar-refractivity contribution in [1.29, 1.82) is 0 Å². The van der Waals surface area contributed by atoms with Crippen molar-refractivity contribution in [2.24, 2.45) is 0 Å². The van der Waals surface area contributed by atoms with E-state index < -0.39 is 18.8 Å². The number of nitrogens with one attached hydrogen (secondary N) is 1. The topological polar surface area (TPSA) is 86.6 Å². The second kappa shape index (κ2) is 5.18. The number of carbonyl (C=O) groups excluding carboxylic acids is 1. The van der Waals surface area contributed by atoms with Crippen LogP contribution < -0.4 is 5.32 Å². The molecule has 8 heteroatoms. The lowest BCUT2D eigenvalue weighted by atomic mass is 10.0. The maximum atomic E-state index is 13.7. The number of carbonyl (C=O) groups is 1. The second-order valence-corrected chi connectivity index (χ2v) is 6.09.